The predicted octanol–water partition coefficient (Wildman–Crippen LogP) is 1.67. The molecule has 0 heterocycles. The third-order valence-corrected chi connectivity index (χ3v) is 6.00. The molecule has 0 fully saturated rings. The van der Waals surface area contributed by atoms with Crippen LogP contribution in [0.15, 0.2) is 58.3 Å². The second kappa shape index (κ2) is 9.25. The highest BCUT2D eigenvalue weighted by molar-refractivity contribution is 7.90. The highest BCUT2D eigenvalue weighted by Gasteiger charge is 2.11. The van der Waals surface area contributed by atoms with Crippen LogP contribution < -0.4 is 15.2 Å². The molecule has 0 unspecified atom stereocenters. The summed E-state index contributed by atoms with van der Waals surface area (Å²) in [6, 6.07) is 11.3. The Kier molecular flexibility index (Phi) is 7.22. The van der Waals surface area contributed by atoms with E-state index in [9.17, 15) is 21.6 Å². The van der Waals surface area contributed by atoms with E-state index in [1.807, 2.05) is 0 Å². The highest BCUT2D eigenvalue weighted by Crippen LogP contribution is 2.16. The third-order valence-electron chi connectivity index (χ3n) is 3.94. The first-order chi connectivity index (χ1) is 13.5. The van der Waals surface area contributed by atoms with Crippen LogP contribution in [0.25, 0.3) is 0 Å². The number of benzene rings is 2. The molecule has 2 aromatic rings. The van der Waals surface area contributed by atoms with Crippen LogP contribution in [0.4, 0.5) is 10.5 Å². The number of sulfone groups is 1. The van der Waals surface area contributed by atoms with Gasteiger partial charge >= 0.3 is 6.03 Å². The number of primary sulfonamides is 1. The quantitative estimate of drug-likeness (QED) is 0.598. The molecule has 0 atom stereocenters. The molecule has 0 saturated carbocycles. The number of sulfonamides is 1. The second-order valence-electron chi connectivity index (χ2n) is 6.37. The van der Waals surface area contributed by atoms with Gasteiger partial charge in [-0.25, -0.2) is 26.8 Å². The van der Waals surface area contributed by atoms with E-state index in [1.165, 1.54) is 41.3 Å². The fourth-order valence-corrected chi connectivity index (χ4v) is 3.47. The number of amides is 2. The van der Waals surface area contributed by atoms with Crippen molar-refractivity contribution in [2.24, 2.45) is 5.14 Å². The molecule has 0 bridgehead atoms. The number of anilines is 1. The summed E-state index contributed by atoms with van der Waals surface area (Å²) < 4.78 is 50.8. The van der Waals surface area contributed by atoms with Crippen molar-refractivity contribution in [1.29, 1.82) is 0 Å². The molecular formula is C18H23N3O6S2. The van der Waals surface area contributed by atoms with E-state index in [1.54, 1.807) is 19.2 Å². The minimum absolute atomic E-state index is 0.0365. The van der Waals surface area contributed by atoms with Gasteiger partial charge in [0.15, 0.2) is 9.84 Å². The minimum atomic E-state index is -3.78. The van der Waals surface area contributed by atoms with E-state index < -0.39 is 19.9 Å². The Bertz CT molecular complexity index is 1050. The molecule has 0 spiro atoms. The molecule has 0 radical (unpaired) electrons. The number of rotatable bonds is 8. The van der Waals surface area contributed by atoms with Crippen molar-refractivity contribution >= 4 is 31.6 Å². The Morgan fingerprint density at radius 2 is 1.55 bits per heavy atom. The summed E-state index contributed by atoms with van der Waals surface area (Å²) in [6.07, 6.45) is 1.69. The highest BCUT2D eigenvalue weighted by atomic mass is 32.2. The van der Waals surface area contributed by atoms with Crippen LogP contribution in [0.3, 0.4) is 0 Å². The molecule has 2 aromatic carbocycles. The number of hydrogen-bond acceptors (Lipinski definition) is 6. The molecule has 11 heteroatoms. The summed E-state index contributed by atoms with van der Waals surface area (Å²) in [4.78, 5) is 13.8. The van der Waals surface area contributed by atoms with Gasteiger partial charge in [0.25, 0.3) is 0 Å². The van der Waals surface area contributed by atoms with Crippen LogP contribution in [0, 0.1) is 0 Å². The molecule has 0 aliphatic rings. The Morgan fingerprint density at radius 1 is 1.00 bits per heavy atom. The average Bonchev–Trinajstić information content (AvgIpc) is 2.64. The van der Waals surface area contributed by atoms with Gasteiger partial charge in [0, 0.05) is 25.5 Å². The monoisotopic (exact) mass is 441 g/mol. The molecule has 2 amide bonds. The standard InChI is InChI=1S/C18H23N3O6S2/c1-21(18(22)20-14-4-8-17(9-5-14)29(19,25)26)12-3-13-27-15-6-10-16(11-7-15)28(2,23)24/h4-11H,3,12-13H2,1-2H3,(H,20,22)(H2,19,25,26). The van der Waals surface area contributed by atoms with Crippen molar-refractivity contribution in [3.63, 3.8) is 0 Å². The normalized spacial score (nSPS) is 11.7. The molecule has 0 aliphatic carbocycles. The molecule has 9 nitrogen and oxygen atoms in total. The molecule has 3 N–H and O–H groups in total. The Morgan fingerprint density at radius 3 is 2.07 bits per heavy atom. The maximum absolute atomic E-state index is 12.2. The van der Waals surface area contributed by atoms with Gasteiger partial charge in [-0.3, -0.25) is 0 Å². The second-order valence-corrected chi connectivity index (χ2v) is 9.94. The van der Waals surface area contributed by atoms with Crippen molar-refractivity contribution < 1.29 is 26.4 Å². The van der Waals surface area contributed by atoms with Gasteiger partial charge in [0.05, 0.1) is 16.4 Å². The van der Waals surface area contributed by atoms with Crippen LogP contribution in [0.2, 0.25) is 0 Å². The number of nitrogens with two attached hydrogens (primary N) is 1. The number of nitrogens with one attached hydrogen (secondary N) is 1. The van der Waals surface area contributed by atoms with Gasteiger partial charge in [-0.2, -0.15) is 0 Å². The molecule has 2 rings (SSSR count). The van der Waals surface area contributed by atoms with Crippen molar-refractivity contribution in [3.05, 3.63) is 48.5 Å². The van der Waals surface area contributed by atoms with Crippen LogP contribution in [-0.2, 0) is 19.9 Å². The lowest BCUT2D eigenvalue weighted by Crippen LogP contribution is -2.32. The smallest absolute Gasteiger partial charge is 0.321 e. The fraction of sp³-hybridized carbons (Fsp3) is 0.278. The topological polar surface area (TPSA) is 136 Å². The van der Waals surface area contributed by atoms with Gasteiger partial charge in [-0.1, -0.05) is 0 Å². The maximum Gasteiger partial charge on any atom is 0.321 e. The summed E-state index contributed by atoms with van der Waals surface area (Å²) in [6.45, 7) is 0.765. The molecule has 0 aliphatic heterocycles. The van der Waals surface area contributed by atoms with E-state index in [0.29, 0.717) is 31.0 Å². The van der Waals surface area contributed by atoms with Crippen molar-refractivity contribution in [1.82, 2.24) is 4.90 Å². The van der Waals surface area contributed by atoms with Crippen LogP contribution in [0.5, 0.6) is 5.75 Å². The molecular weight excluding hydrogens is 418 g/mol. The van der Waals surface area contributed by atoms with E-state index >= 15 is 0 Å². The zero-order valence-corrected chi connectivity index (χ0v) is 17.7. The number of carbonyl (C=O) groups excluding carboxylic acids is 1. The van der Waals surface area contributed by atoms with E-state index in [-0.39, 0.29) is 15.8 Å². The number of carbonyl (C=O) groups is 1. The summed E-state index contributed by atoms with van der Waals surface area (Å²) in [5, 5.41) is 7.68. The summed E-state index contributed by atoms with van der Waals surface area (Å²) >= 11 is 0. The third kappa shape index (κ3) is 7.04. The zero-order chi connectivity index (χ0) is 21.7. The van der Waals surface area contributed by atoms with Gasteiger partial charge in [0.1, 0.15) is 5.75 Å². The molecule has 158 valence electrons. The Labute approximate surface area is 170 Å². The SMILES string of the molecule is CN(CCCOc1ccc(S(C)(=O)=O)cc1)C(=O)Nc1ccc(S(N)(=O)=O)cc1. The van der Waals surface area contributed by atoms with Crippen LogP contribution in [0.1, 0.15) is 6.42 Å². The zero-order valence-electron chi connectivity index (χ0n) is 16.0. The fourth-order valence-electron chi connectivity index (χ4n) is 2.32. The van der Waals surface area contributed by atoms with Gasteiger partial charge < -0.3 is 15.0 Å². The maximum atomic E-state index is 12.2. The predicted molar refractivity (Wildman–Crippen MR) is 109 cm³/mol. The molecule has 0 saturated heterocycles. The van der Waals surface area contributed by atoms with Gasteiger partial charge in [-0.05, 0) is 55.0 Å². The van der Waals surface area contributed by atoms with E-state index in [4.69, 9.17) is 9.88 Å². The first kappa shape index (κ1) is 22.7. The molecule has 29 heavy (non-hydrogen) atoms. The van der Waals surface area contributed by atoms with Crippen molar-refractivity contribution in [3.8, 4) is 5.75 Å². The summed E-state index contributed by atoms with van der Waals surface area (Å²) in [5.41, 5.74) is 0.441. The van der Waals surface area contributed by atoms with Crippen LogP contribution in [-0.4, -0.2) is 54.2 Å². The lowest BCUT2D eigenvalue weighted by molar-refractivity contribution is 0.216. The first-order valence-electron chi connectivity index (χ1n) is 8.55. The lowest BCUT2D eigenvalue weighted by atomic mass is 10.3. The van der Waals surface area contributed by atoms with Gasteiger partial charge in [0.2, 0.25) is 10.0 Å². The minimum Gasteiger partial charge on any atom is -0.494 e. The Hall–Kier alpha value is -2.63. The largest absolute Gasteiger partial charge is 0.494 e. The Balaban J connectivity index is 1.77. The lowest BCUT2D eigenvalue weighted by Gasteiger charge is -2.18. The van der Waals surface area contributed by atoms with Crippen molar-refractivity contribution in [2.75, 3.05) is 31.8 Å². The number of ether oxygens (including phenoxy) is 1. The number of nitrogens with zero attached hydrogens (tertiary/aromatic N) is 1. The van der Waals surface area contributed by atoms with Crippen molar-refractivity contribution in [2.45, 2.75) is 16.2 Å². The number of urea groups is 1. The first-order valence-corrected chi connectivity index (χ1v) is 12.0. The number of hydrogen-bond donors (Lipinski definition) is 2. The summed E-state index contributed by atoms with van der Waals surface area (Å²) in [7, 11) is -5.40. The van der Waals surface area contributed by atoms with Crippen LogP contribution >= 0.6 is 0 Å². The average molecular weight is 442 g/mol. The molecule has 0 aromatic heterocycles. The van der Waals surface area contributed by atoms with E-state index in [0.717, 1.165) is 6.26 Å². The van der Waals surface area contributed by atoms with E-state index in [2.05, 4.69) is 5.32 Å². The summed E-state index contributed by atoms with van der Waals surface area (Å²) in [5.74, 6) is 0.541. The van der Waals surface area contributed by atoms with Gasteiger partial charge in [-0.15, -0.1) is 0 Å².